The van der Waals surface area contributed by atoms with E-state index < -0.39 is 0 Å². The number of benzene rings is 1. The van der Waals surface area contributed by atoms with Crippen molar-refractivity contribution < 1.29 is 4.74 Å². The lowest BCUT2D eigenvalue weighted by atomic mass is 10.0. The number of ether oxygens (including phenoxy) is 1. The first-order valence-electron chi connectivity index (χ1n) is 6.53. The monoisotopic (exact) mass is 256 g/mol. The minimum absolute atomic E-state index is 0.447. The molecule has 1 aromatic heterocycles. The summed E-state index contributed by atoms with van der Waals surface area (Å²) in [5.74, 6) is 2.11. The molecule has 1 heterocycles. The number of nitrogens with zero attached hydrogens (tertiary/aromatic N) is 1. The van der Waals surface area contributed by atoms with E-state index in [1.807, 2.05) is 19.1 Å². The number of pyridine rings is 1. The van der Waals surface area contributed by atoms with Crippen molar-refractivity contribution >= 4 is 0 Å². The van der Waals surface area contributed by atoms with Crippen LogP contribution in [0, 0.1) is 6.92 Å². The number of aromatic nitrogens is 1. The van der Waals surface area contributed by atoms with Gasteiger partial charge in [0.1, 0.15) is 11.5 Å². The van der Waals surface area contributed by atoms with Gasteiger partial charge >= 0.3 is 0 Å². The number of hydrogen-bond donors (Lipinski definition) is 1. The number of aryl methyl sites for hydroxylation is 1. The van der Waals surface area contributed by atoms with Gasteiger partial charge in [-0.05, 0) is 42.2 Å². The Hall–Kier alpha value is -1.87. The average Bonchev–Trinajstić information content (AvgIpc) is 2.42. The summed E-state index contributed by atoms with van der Waals surface area (Å²) in [6.07, 6.45) is 1.71. The minimum atomic E-state index is 0.447. The van der Waals surface area contributed by atoms with Gasteiger partial charge in [0.15, 0.2) is 0 Å². The molecule has 0 fully saturated rings. The van der Waals surface area contributed by atoms with E-state index in [1.54, 1.807) is 6.20 Å². The summed E-state index contributed by atoms with van der Waals surface area (Å²) in [6, 6.07) is 10.1. The van der Waals surface area contributed by atoms with Gasteiger partial charge in [-0.15, -0.1) is 0 Å². The van der Waals surface area contributed by atoms with Gasteiger partial charge in [-0.25, -0.2) is 0 Å². The zero-order valence-electron chi connectivity index (χ0n) is 11.7. The smallest absolute Gasteiger partial charge is 0.145 e. The molecule has 0 aliphatic heterocycles. The van der Waals surface area contributed by atoms with Crippen molar-refractivity contribution in [2.24, 2.45) is 5.73 Å². The summed E-state index contributed by atoms with van der Waals surface area (Å²) in [5.41, 5.74) is 8.78. The molecule has 0 aliphatic carbocycles. The van der Waals surface area contributed by atoms with Gasteiger partial charge < -0.3 is 10.5 Å². The second-order valence-corrected chi connectivity index (χ2v) is 4.97. The lowest BCUT2D eigenvalue weighted by molar-refractivity contribution is 0.475. The van der Waals surface area contributed by atoms with E-state index >= 15 is 0 Å². The summed E-state index contributed by atoms with van der Waals surface area (Å²) >= 11 is 0. The van der Waals surface area contributed by atoms with Crippen molar-refractivity contribution in [3.8, 4) is 11.5 Å². The maximum atomic E-state index is 5.90. The summed E-state index contributed by atoms with van der Waals surface area (Å²) in [5, 5.41) is 0. The largest absolute Gasteiger partial charge is 0.455 e. The van der Waals surface area contributed by atoms with Crippen molar-refractivity contribution in [1.82, 2.24) is 4.98 Å². The predicted molar refractivity (Wildman–Crippen MR) is 77.5 cm³/mol. The first kappa shape index (κ1) is 13.6. The third-order valence-corrected chi connectivity index (χ3v) is 3.11. The van der Waals surface area contributed by atoms with Crippen LogP contribution in [0.5, 0.6) is 11.5 Å². The molecule has 0 saturated carbocycles. The Bertz CT molecular complexity index is 547. The summed E-state index contributed by atoms with van der Waals surface area (Å²) < 4.78 is 5.90. The van der Waals surface area contributed by atoms with Gasteiger partial charge in [-0.3, -0.25) is 4.98 Å². The SMILES string of the molecule is Cc1ccc(C(C)C)cc1Oc1ccc(CN)nc1. The van der Waals surface area contributed by atoms with Crippen LogP contribution in [0.2, 0.25) is 0 Å². The average molecular weight is 256 g/mol. The molecule has 2 N–H and O–H groups in total. The maximum absolute atomic E-state index is 5.90. The molecule has 0 unspecified atom stereocenters. The Morgan fingerprint density at radius 2 is 2.00 bits per heavy atom. The highest BCUT2D eigenvalue weighted by molar-refractivity contribution is 5.40. The summed E-state index contributed by atoms with van der Waals surface area (Å²) in [6.45, 7) is 6.83. The number of nitrogens with two attached hydrogens (primary N) is 1. The Morgan fingerprint density at radius 3 is 2.58 bits per heavy atom. The Balaban J connectivity index is 2.23. The van der Waals surface area contributed by atoms with Crippen LogP contribution < -0.4 is 10.5 Å². The van der Waals surface area contributed by atoms with Crippen LogP contribution in [0.1, 0.15) is 36.6 Å². The molecule has 3 nitrogen and oxygen atoms in total. The van der Waals surface area contributed by atoms with E-state index in [9.17, 15) is 0 Å². The fraction of sp³-hybridized carbons (Fsp3) is 0.312. The van der Waals surface area contributed by atoms with Gasteiger partial charge in [0.2, 0.25) is 0 Å². The molecule has 2 aromatic rings. The predicted octanol–water partition coefficient (Wildman–Crippen LogP) is 3.76. The second kappa shape index (κ2) is 5.85. The van der Waals surface area contributed by atoms with Crippen molar-refractivity contribution in [1.29, 1.82) is 0 Å². The zero-order chi connectivity index (χ0) is 13.8. The fourth-order valence-corrected chi connectivity index (χ4v) is 1.80. The second-order valence-electron chi connectivity index (χ2n) is 4.97. The van der Waals surface area contributed by atoms with Gasteiger partial charge in [-0.2, -0.15) is 0 Å². The molecule has 0 aliphatic rings. The third kappa shape index (κ3) is 3.32. The Morgan fingerprint density at radius 1 is 1.21 bits per heavy atom. The molecule has 0 bridgehead atoms. The number of rotatable bonds is 4. The zero-order valence-corrected chi connectivity index (χ0v) is 11.7. The Labute approximate surface area is 114 Å². The molecule has 1 aromatic carbocycles. The molecule has 0 spiro atoms. The Kier molecular flexibility index (Phi) is 4.17. The standard InChI is InChI=1S/C16H20N2O/c1-11(2)13-5-4-12(3)16(8-13)19-15-7-6-14(9-17)18-10-15/h4-8,10-11H,9,17H2,1-3H3. The van der Waals surface area contributed by atoms with Crippen LogP contribution in [0.4, 0.5) is 0 Å². The molecule has 0 saturated heterocycles. The molecular formula is C16H20N2O. The highest BCUT2D eigenvalue weighted by Gasteiger charge is 2.06. The molecule has 0 atom stereocenters. The van der Waals surface area contributed by atoms with E-state index in [0.717, 1.165) is 22.8 Å². The van der Waals surface area contributed by atoms with Crippen LogP contribution in [0.25, 0.3) is 0 Å². The van der Waals surface area contributed by atoms with Crippen LogP contribution in [0.3, 0.4) is 0 Å². The van der Waals surface area contributed by atoms with Crippen LogP contribution in [-0.4, -0.2) is 4.98 Å². The molecule has 19 heavy (non-hydrogen) atoms. The molecule has 2 rings (SSSR count). The molecule has 0 radical (unpaired) electrons. The van der Waals surface area contributed by atoms with Gasteiger partial charge in [0.05, 0.1) is 11.9 Å². The molecule has 100 valence electrons. The van der Waals surface area contributed by atoms with Gasteiger partial charge in [0.25, 0.3) is 0 Å². The van der Waals surface area contributed by atoms with E-state index in [2.05, 4.69) is 37.0 Å². The van der Waals surface area contributed by atoms with Crippen molar-refractivity contribution in [3.63, 3.8) is 0 Å². The van der Waals surface area contributed by atoms with E-state index in [-0.39, 0.29) is 0 Å². The first-order valence-corrected chi connectivity index (χ1v) is 6.53. The van der Waals surface area contributed by atoms with Crippen molar-refractivity contribution in [2.45, 2.75) is 33.2 Å². The van der Waals surface area contributed by atoms with Crippen molar-refractivity contribution in [2.75, 3.05) is 0 Å². The normalized spacial score (nSPS) is 10.8. The molecule has 3 heteroatoms. The third-order valence-electron chi connectivity index (χ3n) is 3.11. The lowest BCUT2D eigenvalue weighted by Crippen LogP contribution is -1.99. The minimum Gasteiger partial charge on any atom is -0.455 e. The van der Waals surface area contributed by atoms with E-state index in [0.29, 0.717) is 12.5 Å². The fourth-order valence-electron chi connectivity index (χ4n) is 1.80. The molecular weight excluding hydrogens is 236 g/mol. The van der Waals surface area contributed by atoms with E-state index in [4.69, 9.17) is 10.5 Å². The topological polar surface area (TPSA) is 48.1 Å². The number of hydrogen-bond acceptors (Lipinski definition) is 3. The highest BCUT2D eigenvalue weighted by Crippen LogP contribution is 2.28. The summed E-state index contributed by atoms with van der Waals surface area (Å²) in [7, 11) is 0. The van der Waals surface area contributed by atoms with Crippen LogP contribution >= 0.6 is 0 Å². The highest BCUT2D eigenvalue weighted by atomic mass is 16.5. The quantitative estimate of drug-likeness (QED) is 0.906. The van der Waals surface area contributed by atoms with Crippen LogP contribution in [-0.2, 0) is 6.54 Å². The summed E-state index contributed by atoms with van der Waals surface area (Å²) in [4.78, 5) is 4.23. The van der Waals surface area contributed by atoms with Gasteiger partial charge in [0, 0.05) is 6.54 Å². The molecule has 0 amide bonds. The van der Waals surface area contributed by atoms with Crippen molar-refractivity contribution in [3.05, 3.63) is 53.3 Å². The van der Waals surface area contributed by atoms with Gasteiger partial charge in [-0.1, -0.05) is 26.0 Å². The van der Waals surface area contributed by atoms with E-state index in [1.165, 1.54) is 5.56 Å². The maximum Gasteiger partial charge on any atom is 0.145 e. The first-order chi connectivity index (χ1) is 9.10. The van der Waals surface area contributed by atoms with Crippen LogP contribution in [0.15, 0.2) is 36.5 Å². The lowest BCUT2D eigenvalue weighted by Gasteiger charge is -2.12.